The van der Waals surface area contributed by atoms with E-state index in [-0.39, 0.29) is 11.7 Å². The summed E-state index contributed by atoms with van der Waals surface area (Å²) in [4.78, 5) is 28.6. The number of carbonyl (C=O) groups excluding carboxylic acids is 2. The van der Waals surface area contributed by atoms with E-state index in [1.165, 1.54) is 6.21 Å². The zero-order valence-electron chi connectivity index (χ0n) is 12.8. The van der Waals surface area contributed by atoms with Crippen molar-refractivity contribution in [1.82, 2.24) is 5.32 Å². The lowest BCUT2D eigenvalue weighted by Crippen LogP contribution is -2.20. The van der Waals surface area contributed by atoms with Crippen LogP contribution in [-0.4, -0.2) is 17.9 Å². The van der Waals surface area contributed by atoms with E-state index in [0.29, 0.717) is 12.2 Å². The van der Waals surface area contributed by atoms with E-state index in [0.717, 1.165) is 15.6 Å². The molecule has 4 nitrogen and oxygen atoms in total. The lowest BCUT2D eigenvalue weighted by Gasteiger charge is -1.98. The standard InChI is InChI=1S/C19H15BrN2O2/c20-15-8-6-13(7-9-15)10-17-18(23)16(19(24)22-17)12-21-11-14-4-2-1-3-5-14/h1-10,12,16H,11H2,(H,22,24)/b17-10-,21-12?. The molecule has 0 saturated carbocycles. The van der Waals surface area contributed by atoms with Crippen molar-refractivity contribution in [2.45, 2.75) is 6.54 Å². The van der Waals surface area contributed by atoms with E-state index in [2.05, 4.69) is 26.2 Å². The van der Waals surface area contributed by atoms with Crippen molar-refractivity contribution in [3.63, 3.8) is 0 Å². The van der Waals surface area contributed by atoms with Gasteiger partial charge in [-0.05, 0) is 29.3 Å². The number of benzene rings is 2. The molecular weight excluding hydrogens is 368 g/mol. The highest BCUT2D eigenvalue weighted by Gasteiger charge is 2.35. The van der Waals surface area contributed by atoms with Gasteiger partial charge in [-0.2, -0.15) is 0 Å². The summed E-state index contributed by atoms with van der Waals surface area (Å²) in [5.41, 5.74) is 2.19. The SMILES string of the molecule is O=C1N/C(=C\c2ccc(Br)cc2)C(=O)C1C=NCc1ccccc1. The lowest BCUT2D eigenvalue weighted by atomic mass is 10.1. The van der Waals surface area contributed by atoms with Crippen molar-refractivity contribution in [1.29, 1.82) is 0 Å². The van der Waals surface area contributed by atoms with Gasteiger partial charge in [0, 0.05) is 10.7 Å². The number of aliphatic imine (C=N–C) groups is 1. The minimum absolute atomic E-state index is 0.250. The van der Waals surface area contributed by atoms with Gasteiger partial charge in [-0.1, -0.05) is 58.4 Å². The van der Waals surface area contributed by atoms with E-state index in [4.69, 9.17) is 0 Å². The van der Waals surface area contributed by atoms with Gasteiger partial charge in [0.25, 0.3) is 0 Å². The quantitative estimate of drug-likeness (QED) is 0.500. The van der Waals surface area contributed by atoms with E-state index >= 15 is 0 Å². The fraction of sp³-hybridized carbons (Fsp3) is 0.105. The predicted molar refractivity (Wildman–Crippen MR) is 97.4 cm³/mol. The zero-order chi connectivity index (χ0) is 16.9. The first-order valence-corrected chi connectivity index (χ1v) is 8.29. The van der Waals surface area contributed by atoms with Crippen LogP contribution in [0.25, 0.3) is 6.08 Å². The van der Waals surface area contributed by atoms with Crippen LogP contribution in [0.15, 0.2) is 69.8 Å². The Morgan fingerprint density at radius 3 is 2.46 bits per heavy atom. The second-order valence-electron chi connectivity index (χ2n) is 5.42. The fourth-order valence-electron chi connectivity index (χ4n) is 2.37. The molecule has 1 aliphatic heterocycles. The highest BCUT2D eigenvalue weighted by molar-refractivity contribution is 9.10. The molecule has 3 rings (SSSR count). The van der Waals surface area contributed by atoms with Crippen molar-refractivity contribution >= 4 is 39.9 Å². The van der Waals surface area contributed by atoms with Crippen molar-refractivity contribution in [2.24, 2.45) is 10.9 Å². The van der Waals surface area contributed by atoms with Crippen molar-refractivity contribution in [3.05, 3.63) is 75.9 Å². The maximum absolute atomic E-state index is 12.4. The number of rotatable bonds is 4. The van der Waals surface area contributed by atoms with Gasteiger partial charge < -0.3 is 5.32 Å². The van der Waals surface area contributed by atoms with Crippen LogP contribution in [0.4, 0.5) is 0 Å². The molecule has 0 aromatic heterocycles. The summed E-state index contributed by atoms with van der Waals surface area (Å²) >= 11 is 3.36. The van der Waals surface area contributed by atoms with Crippen molar-refractivity contribution in [2.75, 3.05) is 0 Å². The largest absolute Gasteiger partial charge is 0.322 e. The smallest absolute Gasteiger partial charge is 0.240 e. The van der Waals surface area contributed by atoms with Gasteiger partial charge in [0.1, 0.15) is 5.92 Å². The molecule has 5 heteroatoms. The highest BCUT2D eigenvalue weighted by atomic mass is 79.9. The van der Waals surface area contributed by atoms with Gasteiger partial charge in [0.05, 0.1) is 12.2 Å². The summed E-state index contributed by atoms with van der Waals surface area (Å²) in [6.45, 7) is 0.448. The molecule has 1 N–H and O–H groups in total. The molecule has 0 aliphatic carbocycles. The maximum atomic E-state index is 12.4. The molecule has 0 radical (unpaired) electrons. The number of nitrogens with one attached hydrogen (secondary N) is 1. The second-order valence-corrected chi connectivity index (χ2v) is 6.33. The number of halogens is 1. The first-order chi connectivity index (χ1) is 11.6. The summed E-state index contributed by atoms with van der Waals surface area (Å²) in [6.07, 6.45) is 3.12. The molecule has 2 aromatic carbocycles. The molecule has 1 amide bonds. The third-order valence-electron chi connectivity index (χ3n) is 3.64. The van der Waals surface area contributed by atoms with Crippen LogP contribution in [-0.2, 0) is 16.1 Å². The Bertz CT molecular complexity index is 811. The first-order valence-electron chi connectivity index (χ1n) is 7.50. The average molecular weight is 383 g/mol. The van der Waals surface area contributed by atoms with Gasteiger partial charge in [0.2, 0.25) is 5.91 Å². The minimum Gasteiger partial charge on any atom is -0.322 e. The number of allylic oxidation sites excluding steroid dienone is 1. The van der Waals surface area contributed by atoms with Gasteiger partial charge in [0.15, 0.2) is 5.78 Å². The second kappa shape index (κ2) is 7.36. The number of carbonyl (C=O) groups is 2. The number of nitrogens with zero attached hydrogens (tertiary/aromatic N) is 1. The molecule has 0 bridgehead atoms. The number of ketones is 1. The van der Waals surface area contributed by atoms with Crippen molar-refractivity contribution < 1.29 is 9.59 Å². The maximum Gasteiger partial charge on any atom is 0.240 e. The molecule has 1 unspecified atom stereocenters. The molecule has 1 aliphatic rings. The third kappa shape index (κ3) is 3.86. The molecule has 0 spiro atoms. The van der Waals surface area contributed by atoms with E-state index in [1.807, 2.05) is 54.6 Å². The Balaban J connectivity index is 1.71. The van der Waals surface area contributed by atoms with E-state index < -0.39 is 5.92 Å². The molecule has 1 saturated heterocycles. The minimum atomic E-state index is -0.851. The van der Waals surface area contributed by atoms with Crippen LogP contribution >= 0.6 is 15.9 Å². The van der Waals surface area contributed by atoms with Crippen molar-refractivity contribution in [3.8, 4) is 0 Å². The van der Waals surface area contributed by atoms with Gasteiger partial charge >= 0.3 is 0 Å². The summed E-state index contributed by atoms with van der Waals surface area (Å²) in [7, 11) is 0. The topological polar surface area (TPSA) is 58.5 Å². The molecular formula is C19H15BrN2O2. The molecule has 24 heavy (non-hydrogen) atoms. The summed E-state index contributed by atoms with van der Waals surface area (Å²) in [5.74, 6) is -1.43. The number of Topliss-reactive ketones (excluding diaryl/α,β-unsaturated/α-hetero) is 1. The van der Waals surface area contributed by atoms with Crippen LogP contribution in [0.2, 0.25) is 0 Å². The highest BCUT2D eigenvalue weighted by Crippen LogP contribution is 2.18. The number of amides is 1. The van der Waals surface area contributed by atoms with Gasteiger partial charge in [-0.3, -0.25) is 14.6 Å². The molecule has 1 heterocycles. The van der Waals surface area contributed by atoms with Crippen LogP contribution in [0.3, 0.4) is 0 Å². The normalized spacial score (nSPS) is 19.2. The number of hydrogen-bond acceptors (Lipinski definition) is 3. The summed E-state index contributed by atoms with van der Waals surface area (Å²) in [6, 6.07) is 17.2. The first kappa shape index (κ1) is 16.3. The van der Waals surface area contributed by atoms with Crippen LogP contribution in [0.5, 0.6) is 0 Å². The zero-order valence-corrected chi connectivity index (χ0v) is 14.4. The van der Waals surface area contributed by atoms with Crippen LogP contribution in [0, 0.1) is 5.92 Å². The monoisotopic (exact) mass is 382 g/mol. The van der Waals surface area contributed by atoms with Gasteiger partial charge in [-0.25, -0.2) is 0 Å². The van der Waals surface area contributed by atoms with E-state index in [9.17, 15) is 9.59 Å². The summed E-state index contributed by atoms with van der Waals surface area (Å²) < 4.78 is 0.956. The molecule has 120 valence electrons. The molecule has 1 atom stereocenters. The number of hydrogen-bond donors (Lipinski definition) is 1. The predicted octanol–water partition coefficient (Wildman–Crippen LogP) is 3.38. The summed E-state index contributed by atoms with van der Waals surface area (Å²) in [5, 5.41) is 2.64. The Morgan fingerprint density at radius 1 is 1.04 bits per heavy atom. The Morgan fingerprint density at radius 2 is 1.75 bits per heavy atom. The van der Waals surface area contributed by atoms with Gasteiger partial charge in [-0.15, -0.1) is 0 Å². The lowest BCUT2D eigenvalue weighted by molar-refractivity contribution is -0.124. The molecule has 2 aromatic rings. The Labute approximate surface area is 148 Å². The Kier molecular flexibility index (Phi) is 5.01. The van der Waals surface area contributed by atoms with Crippen LogP contribution in [0.1, 0.15) is 11.1 Å². The fourth-order valence-corrected chi connectivity index (χ4v) is 2.64. The van der Waals surface area contributed by atoms with Crippen LogP contribution < -0.4 is 5.32 Å². The average Bonchev–Trinajstić information content (AvgIpc) is 2.85. The molecule has 1 fully saturated rings. The van der Waals surface area contributed by atoms with E-state index in [1.54, 1.807) is 6.08 Å². The Hall–Kier alpha value is -2.53. The third-order valence-corrected chi connectivity index (χ3v) is 4.17.